The van der Waals surface area contributed by atoms with Crippen molar-refractivity contribution in [3.05, 3.63) is 60.2 Å². The monoisotopic (exact) mass is 281 g/mol. The van der Waals surface area contributed by atoms with Crippen LogP contribution >= 0.6 is 0 Å². The van der Waals surface area contributed by atoms with Crippen molar-refractivity contribution in [3.8, 4) is 5.88 Å². The Morgan fingerprint density at radius 3 is 2.71 bits per heavy atom. The third-order valence-electron chi connectivity index (χ3n) is 3.24. The van der Waals surface area contributed by atoms with Crippen LogP contribution in [0.2, 0.25) is 0 Å². The molecule has 1 unspecified atom stereocenters. The Morgan fingerprint density at radius 2 is 1.90 bits per heavy atom. The Bertz CT molecular complexity index is 762. The van der Waals surface area contributed by atoms with E-state index >= 15 is 0 Å². The number of nitrogens with zero attached hydrogens (tertiary/aromatic N) is 3. The highest BCUT2D eigenvalue weighted by Gasteiger charge is 2.20. The lowest BCUT2D eigenvalue weighted by molar-refractivity contribution is 0.382. The number of hydrazine groups is 1. The Hall–Kier alpha value is -2.57. The van der Waals surface area contributed by atoms with Gasteiger partial charge in [0.25, 0.3) is 0 Å². The van der Waals surface area contributed by atoms with E-state index in [0.717, 1.165) is 16.6 Å². The maximum Gasteiger partial charge on any atom is 0.237 e. The Kier molecular flexibility index (Phi) is 3.72. The van der Waals surface area contributed by atoms with Crippen LogP contribution in [0.1, 0.15) is 17.4 Å². The molecular formula is C15H15N5O. The van der Waals surface area contributed by atoms with Gasteiger partial charge in [0.2, 0.25) is 5.88 Å². The maximum absolute atomic E-state index is 5.69. The zero-order valence-electron chi connectivity index (χ0n) is 11.5. The van der Waals surface area contributed by atoms with Gasteiger partial charge in [-0.15, -0.1) is 0 Å². The highest BCUT2D eigenvalue weighted by atomic mass is 16.5. The second kappa shape index (κ2) is 5.82. The van der Waals surface area contributed by atoms with Crippen LogP contribution in [0.15, 0.2) is 48.8 Å². The molecule has 0 aliphatic carbocycles. The minimum absolute atomic E-state index is 0.391. The molecule has 0 fully saturated rings. The molecule has 0 aliphatic heterocycles. The van der Waals surface area contributed by atoms with E-state index in [1.807, 2.05) is 36.4 Å². The standard InChI is InChI=1S/C15H15N5O/c1-21-15-14(17-8-9-18-15)13(20-16)12-7-6-10-4-2-3-5-11(10)19-12/h2-9,13,20H,16H2,1H3. The van der Waals surface area contributed by atoms with E-state index in [9.17, 15) is 0 Å². The lowest BCUT2D eigenvalue weighted by Gasteiger charge is -2.17. The summed E-state index contributed by atoms with van der Waals surface area (Å²) in [6.07, 6.45) is 3.17. The summed E-state index contributed by atoms with van der Waals surface area (Å²) in [7, 11) is 1.55. The highest BCUT2D eigenvalue weighted by molar-refractivity contribution is 5.78. The van der Waals surface area contributed by atoms with Gasteiger partial charge < -0.3 is 4.74 Å². The van der Waals surface area contributed by atoms with Crippen molar-refractivity contribution in [1.29, 1.82) is 0 Å². The Labute approximate surface area is 122 Å². The number of hydrogen-bond donors (Lipinski definition) is 2. The van der Waals surface area contributed by atoms with E-state index in [2.05, 4.69) is 20.4 Å². The molecule has 3 aromatic rings. The fourth-order valence-corrected chi connectivity index (χ4v) is 2.24. The van der Waals surface area contributed by atoms with Crippen molar-refractivity contribution >= 4 is 10.9 Å². The van der Waals surface area contributed by atoms with Crippen molar-refractivity contribution in [3.63, 3.8) is 0 Å². The first-order chi connectivity index (χ1) is 10.3. The molecular weight excluding hydrogens is 266 g/mol. The predicted molar refractivity (Wildman–Crippen MR) is 79.5 cm³/mol. The van der Waals surface area contributed by atoms with Gasteiger partial charge in [-0.1, -0.05) is 24.3 Å². The van der Waals surface area contributed by atoms with Crippen molar-refractivity contribution in [2.24, 2.45) is 5.84 Å². The molecule has 2 heterocycles. The zero-order chi connectivity index (χ0) is 14.7. The van der Waals surface area contributed by atoms with E-state index in [4.69, 9.17) is 10.6 Å². The third kappa shape index (κ3) is 2.54. The third-order valence-corrected chi connectivity index (χ3v) is 3.24. The number of ether oxygens (including phenoxy) is 1. The van der Waals surface area contributed by atoms with Crippen molar-refractivity contribution in [2.75, 3.05) is 7.11 Å². The average molecular weight is 281 g/mol. The molecule has 106 valence electrons. The molecule has 3 rings (SSSR count). The summed E-state index contributed by atoms with van der Waals surface area (Å²) >= 11 is 0. The number of hydrogen-bond acceptors (Lipinski definition) is 6. The molecule has 6 heteroatoms. The molecule has 0 bridgehead atoms. The first-order valence-corrected chi connectivity index (χ1v) is 6.50. The second-order valence-corrected chi connectivity index (χ2v) is 4.48. The molecule has 0 spiro atoms. The lowest BCUT2D eigenvalue weighted by atomic mass is 10.1. The fourth-order valence-electron chi connectivity index (χ4n) is 2.24. The van der Waals surface area contributed by atoms with Gasteiger partial charge in [0.15, 0.2) is 0 Å². The summed E-state index contributed by atoms with van der Waals surface area (Å²) in [5.74, 6) is 6.12. The Balaban J connectivity index is 2.09. The maximum atomic E-state index is 5.69. The number of para-hydroxylation sites is 1. The minimum atomic E-state index is -0.391. The van der Waals surface area contributed by atoms with Gasteiger partial charge in [0.1, 0.15) is 11.7 Å². The molecule has 0 saturated carbocycles. The SMILES string of the molecule is COc1nccnc1C(NN)c1ccc2ccccc2n1. The van der Waals surface area contributed by atoms with Crippen LogP contribution in [-0.2, 0) is 0 Å². The number of aromatic nitrogens is 3. The molecule has 3 N–H and O–H groups in total. The van der Waals surface area contributed by atoms with Crippen molar-refractivity contribution in [1.82, 2.24) is 20.4 Å². The van der Waals surface area contributed by atoms with Gasteiger partial charge in [-0.3, -0.25) is 15.8 Å². The van der Waals surface area contributed by atoms with E-state index in [-0.39, 0.29) is 0 Å². The Morgan fingerprint density at radius 1 is 1.10 bits per heavy atom. The summed E-state index contributed by atoms with van der Waals surface area (Å²) in [4.78, 5) is 13.1. The predicted octanol–water partition coefficient (Wildman–Crippen LogP) is 1.59. The quantitative estimate of drug-likeness (QED) is 0.558. The number of pyridine rings is 1. The summed E-state index contributed by atoms with van der Waals surface area (Å²) < 4.78 is 5.24. The normalized spacial score (nSPS) is 12.3. The van der Waals surface area contributed by atoms with E-state index in [1.165, 1.54) is 0 Å². The molecule has 6 nitrogen and oxygen atoms in total. The van der Waals surface area contributed by atoms with Crippen LogP contribution in [0.3, 0.4) is 0 Å². The minimum Gasteiger partial charge on any atom is -0.480 e. The van der Waals surface area contributed by atoms with Crippen LogP contribution in [0, 0.1) is 0 Å². The second-order valence-electron chi connectivity index (χ2n) is 4.48. The average Bonchev–Trinajstić information content (AvgIpc) is 2.56. The molecule has 0 saturated heterocycles. The molecule has 1 aromatic carbocycles. The molecule has 0 aliphatic rings. The van der Waals surface area contributed by atoms with Gasteiger partial charge in [0, 0.05) is 17.8 Å². The van der Waals surface area contributed by atoms with E-state index in [0.29, 0.717) is 11.6 Å². The number of fused-ring (bicyclic) bond motifs is 1. The molecule has 1 atom stereocenters. The number of nitrogens with one attached hydrogen (secondary N) is 1. The number of nitrogens with two attached hydrogens (primary N) is 1. The molecule has 0 radical (unpaired) electrons. The first-order valence-electron chi connectivity index (χ1n) is 6.50. The van der Waals surface area contributed by atoms with Gasteiger partial charge in [-0.25, -0.2) is 10.4 Å². The van der Waals surface area contributed by atoms with Crippen LogP contribution in [-0.4, -0.2) is 22.1 Å². The van der Waals surface area contributed by atoms with Crippen LogP contribution < -0.4 is 16.0 Å². The topological polar surface area (TPSA) is 86.0 Å². The van der Waals surface area contributed by atoms with E-state index < -0.39 is 6.04 Å². The number of rotatable bonds is 4. The fraction of sp³-hybridized carbons (Fsp3) is 0.133. The van der Waals surface area contributed by atoms with Gasteiger partial charge >= 0.3 is 0 Å². The summed E-state index contributed by atoms with van der Waals surface area (Å²) in [6.45, 7) is 0. The largest absolute Gasteiger partial charge is 0.480 e. The molecule has 2 aromatic heterocycles. The summed E-state index contributed by atoms with van der Waals surface area (Å²) in [6, 6.07) is 11.4. The van der Waals surface area contributed by atoms with Crippen molar-refractivity contribution < 1.29 is 4.74 Å². The highest BCUT2D eigenvalue weighted by Crippen LogP contribution is 2.25. The lowest BCUT2D eigenvalue weighted by Crippen LogP contribution is -2.30. The number of methoxy groups -OCH3 is 1. The van der Waals surface area contributed by atoms with Crippen molar-refractivity contribution in [2.45, 2.75) is 6.04 Å². The molecule has 0 amide bonds. The van der Waals surface area contributed by atoms with Gasteiger partial charge in [0.05, 0.1) is 18.3 Å². The zero-order valence-corrected chi connectivity index (χ0v) is 11.5. The molecule has 21 heavy (non-hydrogen) atoms. The van der Waals surface area contributed by atoms with E-state index in [1.54, 1.807) is 19.5 Å². The van der Waals surface area contributed by atoms with Crippen LogP contribution in [0.5, 0.6) is 5.88 Å². The van der Waals surface area contributed by atoms with Gasteiger partial charge in [-0.2, -0.15) is 0 Å². The smallest absolute Gasteiger partial charge is 0.237 e. The summed E-state index contributed by atoms with van der Waals surface area (Å²) in [5.41, 5.74) is 4.99. The van der Waals surface area contributed by atoms with Crippen LogP contribution in [0.25, 0.3) is 10.9 Å². The number of benzene rings is 1. The first kappa shape index (κ1) is 13.4. The van der Waals surface area contributed by atoms with Crippen LogP contribution in [0.4, 0.5) is 0 Å². The summed E-state index contributed by atoms with van der Waals surface area (Å²) in [5, 5.41) is 1.07. The van der Waals surface area contributed by atoms with Gasteiger partial charge in [-0.05, 0) is 12.1 Å².